The molecule has 1 aliphatic rings. The Kier molecular flexibility index (Phi) is 5.30. The fraction of sp³-hybridized carbons (Fsp3) is 0.280. The Morgan fingerprint density at radius 1 is 1.19 bits per heavy atom. The van der Waals surface area contributed by atoms with E-state index in [4.69, 9.17) is 14.5 Å². The van der Waals surface area contributed by atoms with Crippen LogP contribution in [0.15, 0.2) is 54.6 Å². The van der Waals surface area contributed by atoms with E-state index in [0.29, 0.717) is 24.5 Å². The van der Waals surface area contributed by atoms with Gasteiger partial charge in [0.25, 0.3) is 5.91 Å². The van der Waals surface area contributed by atoms with Crippen LogP contribution in [0.3, 0.4) is 0 Å². The van der Waals surface area contributed by atoms with E-state index in [2.05, 4.69) is 16.4 Å². The molecule has 6 heteroatoms. The number of rotatable bonds is 6. The Morgan fingerprint density at radius 3 is 2.87 bits per heavy atom. The number of hydrogen-bond acceptors (Lipinski definition) is 4. The molecule has 0 aliphatic carbocycles. The fourth-order valence-electron chi connectivity index (χ4n) is 4.20. The van der Waals surface area contributed by atoms with Crippen LogP contribution < -0.4 is 10.1 Å². The van der Waals surface area contributed by atoms with E-state index in [1.54, 1.807) is 0 Å². The SMILES string of the molecule is CCOc1ccccc1-c1nc(C(=O)NC[C@H]2CCCO2)cc2c1[nH]c1ccccc12. The Balaban J connectivity index is 1.63. The molecule has 1 amide bonds. The number of ether oxygens (including phenoxy) is 2. The van der Waals surface area contributed by atoms with Crippen LogP contribution in [0.25, 0.3) is 33.1 Å². The van der Waals surface area contributed by atoms with Crippen molar-refractivity contribution in [1.82, 2.24) is 15.3 Å². The summed E-state index contributed by atoms with van der Waals surface area (Å²) in [6, 6.07) is 17.8. The molecular weight excluding hydrogens is 390 g/mol. The van der Waals surface area contributed by atoms with Crippen molar-refractivity contribution in [2.75, 3.05) is 19.8 Å². The summed E-state index contributed by atoms with van der Waals surface area (Å²) in [7, 11) is 0. The Bertz CT molecular complexity index is 1240. The second kappa shape index (κ2) is 8.40. The maximum atomic E-state index is 13.0. The quantitative estimate of drug-likeness (QED) is 0.479. The summed E-state index contributed by atoms with van der Waals surface area (Å²) in [6.07, 6.45) is 2.10. The maximum Gasteiger partial charge on any atom is 0.270 e. The lowest BCUT2D eigenvalue weighted by Gasteiger charge is -2.13. The highest BCUT2D eigenvalue weighted by Gasteiger charge is 2.21. The van der Waals surface area contributed by atoms with Crippen LogP contribution in [-0.4, -0.2) is 41.7 Å². The first-order chi connectivity index (χ1) is 15.2. The topological polar surface area (TPSA) is 76.2 Å². The van der Waals surface area contributed by atoms with Crippen molar-refractivity contribution >= 4 is 27.7 Å². The van der Waals surface area contributed by atoms with Gasteiger partial charge in [-0.1, -0.05) is 30.3 Å². The maximum absolute atomic E-state index is 13.0. The van der Waals surface area contributed by atoms with E-state index in [0.717, 1.165) is 52.6 Å². The number of aromatic nitrogens is 2. The summed E-state index contributed by atoms with van der Waals surface area (Å²) < 4.78 is 11.5. The molecule has 5 rings (SSSR count). The van der Waals surface area contributed by atoms with Gasteiger partial charge < -0.3 is 19.8 Å². The van der Waals surface area contributed by atoms with Crippen molar-refractivity contribution in [3.05, 3.63) is 60.3 Å². The summed E-state index contributed by atoms with van der Waals surface area (Å²) in [5, 5.41) is 5.02. The number of carbonyl (C=O) groups is 1. The molecule has 3 heterocycles. The third-order valence-corrected chi connectivity index (χ3v) is 5.69. The van der Waals surface area contributed by atoms with Crippen LogP contribution in [0.1, 0.15) is 30.3 Å². The number of H-pyrrole nitrogens is 1. The monoisotopic (exact) mass is 415 g/mol. The molecule has 0 spiro atoms. The normalized spacial score (nSPS) is 16.1. The van der Waals surface area contributed by atoms with Gasteiger partial charge in [0, 0.05) is 35.0 Å². The molecule has 0 bridgehead atoms. The average Bonchev–Trinajstić information content (AvgIpc) is 3.45. The predicted molar refractivity (Wildman–Crippen MR) is 122 cm³/mol. The van der Waals surface area contributed by atoms with E-state index in [9.17, 15) is 4.79 Å². The van der Waals surface area contributed by atoms with Crippen molar-refractivity contribution in [2.45, 2.75) is 25.9 Å². The molecule has 1 aliphatic heterocycles. The number of carbonyl (C=O) groups excluding carboxylic acids is 1. The second-order valence-corrected chi connectivity index (χ2v) is 7.72. The highest BCUT2D eigenvalue weighted by molar-refractivity contribution is 6.13. The van der Waals surface area contributed by atoms with Gasteiger partial charge in [0.2, 0.25) is 0 Å². The summed E-state index contributed by atoms with van der Waals surface area (Å²) in [6.45, 7) is 3.77. The number of amides is 1. The highest BCUT2D eigenvalue weighted by Crippen LogP contribution is 2.36. The van der Waals surface area contributed by atoms with Crippen LogP contribution in [0, 0.1) is 0 Å². The highest BCUT2D eigenvalue weighted by atomic mass is 16.5. The number of nitrogens with one attached hydrogen (secondary N) is 2. The Labute approximate surface area is 180 Å². The summed E-state index contributed by atoms with van der Waals surface area (Å²) in [5.74, 6) is 0.548. The molecule has 6 nitrogen and oxygen atoms in total. The first-order valence-corrected chi connectivity index (χ1v) is 10.8. The zero-order valence-electron chi connectivity index (χ0n) is 17.5. The lowest BCUT2D eigenvalue weighted by atomic mass is 10.1. The van der Waals surface area contributed by atoms with E-state index in [1.165, 1.54) is 0 Å². The average molecular weight is 415 g/mol. The molecule has 2 aromatic carbocycles. The molecule has 1 saturated heterocycles. The van der Waals surface area contributed by atoms with Crippen molar-refractivity contribution in [1.29, 1.82) is 0 Å². The standard InChI is InChI=1S/C25H25N3O3/c1-2-30-22-12-6-4-10-18(22)23-24-19(17-9-3-5-11-20(17)27-24)14-21(28-23)25(29)26-15-16-8-7-13-31-16/h3-6,9-12,14,16,27H,2,7-8,13,15H2,1H3,(H,26,29)/t16-/m1/s1. The number of fused-ring (bicyclic) bond motifs is 3. The van der Waals surface area contributed by atoms with Crippen LogP contribution in [0.4, 0.5) is 0 Å². The Morgan fingerprint density at radius 2 is 2.03 bits per heavy atom. The first kappa shape index (κ1) is 19.6. The van der Waals surface area contributed by atoms with Gasteiger partial charge in [-0.2, -0.15) is 0 Å². The van der Waals surface area contributed by atoms with Gasteiger partial charge in [-0.05, 0) is 44.0 Å². The molecule has 1 fully saturated rings. The number of nitrogens with zero attached hydrogens (tertiary/aromatic N) is 1. The van der Waals surface area contributed by atoms with Crippen molar-refractivity contribution in [3.8, 4) is 17.0 Å². The van der Waals surface area contributed by atoms with E-state index in [1.807, 2.05) is 55.5 Å². The summed E-state index contributed by atoms with van der Waals surface area (Å²) in [5.41, 5.74) is 3.85. The van der Waals surface area contributed by atoms with E-state index < -0.39 is 0 Å². The van der Waals surface area contributed by atoms with Gasteiger partial charge in [0.05, 0.1) is 23.9 Å². The number of para-hydroxylation sites is 2. The van der Waals surface area contributed by atoms with Crippen molar-refractivity contribution in [3.63, 3.8) is 0 Å². The minimum atomic E-state index is -0.196. The van der Waals surface area contributed by atoms with Crippen molar-refractivity contribution in [2.24, 2.45) is 0 Å². The van der Waals surface area contributed by atoms with Crippen LogP contribution in [-0.2, 0) is 4.74 Å². The van der Waals surface area contributed by atoms with Gasteiger partial charge in [-0.3, -0.25) is 4.79 Å². The lowest BCUT2D eigenvalue weighted by Crippen LogP contribution is -2.32. The van der Waals surface area contributed by atoms with Gasteiger partial charge in [-0.15, -0.1) is 0 Å². The second-order valence-electron chi connectivity index (χ2n) is 7.72. The van der Waals surface area contributed by atoms with Crippen LogP contribution in [0.5, 0.6) is 5.75 Å². The molecule has 158 valence electrons. The van der Waals surface area contributed by atoms with Crippen molar-refractivity contribution < 1.29 is 14.3 Å². The van der Waals surface area contributed by atoms with Gasteiger partial charge >= 0.3 is 0 Å². The molecule has 0 saturated carbocycles. The molecule has 31 heavy (non-hydrogen) atoms. The lowest BCUT2D eigenvalue weighted by molar-refractivity contribution is 0.0854. The molecule has 2 N–H and O–H groups in total. The van der Waals surface area contributed by atoms with Crippen LogP contribution >= 0.6 is 0 Å². The molecule has 0 unspecified atom stereocenters. The molecular formula is C25H25N3O3. The third-order valence-electron chi connectivity index (χ3n) is 5.69. The summed E-state index contributed by atoms with van der Waals surface area (Å²) >= 11 is 0. The molecule has 0 radical (unpaired) electrons. The van der Waals surface area contributed by atoms with Gasteiger partial charge in [-0.25, -0.2) is 4.98 Å². The smallest absolute Gasteiger partial charge is 0.270 e. The predicted octanol–water partition coefficient (Wildman–Crippen LogP) is 4.69. The largest absolute Gasteiger partial charge is 0.493 e. The fourth-order valence-corrected chi connectivity index (χ4v) is 4.20. The van der Waals surface area contributed by atoms with Gasteiger partial charge in [0.15, 0.2) is 0 Å². The molecule has 4 aromatic rings. The minimum Gasteiger partial charge on any atom is -0.493 e. The van der Waals surface area contributed by atoms with Gasteiger partial charge in [0.1, 0.15) is 11.4 Å². The zero-order chi connectivity index (χ0) is 21.2. The zero-order valence-corrected chi connectivity index (χ0v) is 17.5. The number of pyridine rings is 1. The van der Waals surface area contributed by atoms with E-state index >= 15 is 0 Å². The minimum absolute atomic E-state index is 0.0823. The van der Waals surface area contributed by atoms with E-state index in [-0.39, 0.29) is 12.0 Å². The third kappa shape index (κ3) is 3.75. The number of hydrogen-bond donors (Lipinski definition) is 2. The summed E-state index contributed by atoms with van der Waals surface area (Å²) in [4.78, 5) is 21.3. The number of benzene rings is 2. The molecule has 1 atom stereocenters. The number of aromatic amines is 1. The van der Waals surface area contributed by atoms with Crippen LogP contribution in [0.2, 0.25) is 0 Å². The Hall–Kier alpha value is -3.38. The first-order valence-electron chi connectivity index (χ1n) is 10.8. The molecule has 2 aromatic heterocycles.